The van der Waals surface area contributed by atoms with E-state index in [0.29, 0.717) is 37.4 Å². The van der Waals surface area contributed by atoms with Crippen molar-refractivity contribution in [3.8, 4) is 5.88 Å². The molecule has 0 radical (unpaired) electrons. The van der Waals surface area contributed by atoms with E-state index >= 15 is 0 Å². The predicted molar refractivity (Wildman–Crippen MR) is 85.7 cm³/mol. The maximum atomic E-state index is 12.5. The van der Waals surface area contributed by atoms with Crippen molar-refractivity contribution >= 4 is 11.9 Å². The second-order valence-corrected chi connectivity index (χ2v) is 6.70. The smallest absolute Gasteiger partial charge is 0.410 e. The Labute approximate surface area is 136 Å². The summed E-state index contributed by atoms with van der Waals surface area (Å²) in [6.07, 6.45) is 2.52. The third-order valence-electron chi connectivity index (χ3n) is 3.75. The third-order valence-corrected chi connectivity index (χ3v) is 3.75. The van der Waals surface area contributed by atoms with Gasteiger partial charge in [-0.25, -0.2) is 9.78 Å². The molecule has 6 heteroatoms. The summed E-state index contributed by atoms with van der Waals surface area (Å²) >= 11 is 0. The Bertz CT molecular complexity index is 555. The number of rotatable bonds is 3. The number of methoxy groups -OCH3 is 1. The Kier molecular flexibility index (Phi) is 5.23. The molecular formula is C17H24N2O4. The number of nitrogens with zero attached hydrogens (tertiary/aromatic N) is 2. The zero-order chi connectivity index (χ0) is 17.0. The van der Waals surface area contributed by atoms with Gasteiger partial charge >= 0.3 is 6.09 Å². The highest BCUT2D eigenvalue weighted by atomic mass is 16.6. The summed E-state index contributed by atoms with van der Waals surface area (Å²) in [7, 11) is 1.54. The number of carbonyl (C=O) groups excluding carboxylic acids is 2. The van der Waals surface area contributed by atoms with Gasteiger partial charge in [-0.2, -0.15) is 0 Å². The molecule has 6 nitrogen and oxygen atoms in total. The summed E-state index contributed by atoms with van der Waals surface area (Å²) in [5, 5.41) is 0. The van der Waals surface area contributed by atoms with E-state index in [1.54, 1.807) is 23.2 Å². The molecule has 2 heterocycles. The van der Waals surface area contributed by atoms with Gasteiger partial charge in [-0.15, -0.1) is 0 Å². The zero-order valence-corrected chi connectivity index (χ0v) is 14.2. The van der Waals surface area contributed by atoms with Gasteiger partial charge in [0.1, 0.15) is 5.60 Å². The lowest BCUT2D eigenvalue weighted by Crippen LogP contribution is -2.43. The molecule has 1 aromatic heterocycles. The molecule has 0 unspecified atom stereocenters. The van der Waals surface area contributed by atoms with Gasteiger partial charge in [0.2, 0.25) is 5.88 Å². The van der Waals surface area contributed by atoms with Crippen molar-refractivity contribution < 1.29 is 19.1 Å². The van der Waals surface area contributed by atoms with Crippen LogP contribution in [0.3, 0.4) is 0 Å². The molecule has 0 N–H and O–H groups in total. The van der Waals surface area contributed by atoms with E-state index in [2.05, 4.69) is 4.98 Å². The van der Waals surface area contributed by atoms with E-state index in [0.717, 1.165) is 0 Å². The van der Waals surface area contributed by atoms with Crippen LogP contribution in [0.25, 0.3) is 0 Å². The van der Waals surface area contributed by atoms with Crippen LogP contribution in [0.1, 0.15) is 44.0 Å². The fourth-order valence-electron chi connectivity index (χ4n) is 2.53. The van der Waals surface area contributed by atoms with Crippen LogP contribution < -0.4 is 4.74 Å². The molecular weight excluding hydrogens is 296 g/mol. The lowest BCUT2D eigenvalue weighted by atomic mass is 9.89. The first-order valence-corrected chi connectivity index (χ1v) is 7.82. The number of aromatic nitrogens is 1. The van der Waals surface area contributed by atoms with Gasteiger partial charge in [-0.1, -0.05) is 0 Å². The van der Waals surface area contributed by atoms with Crippen molar-refractivity contribution in [1.29, 1.82) is 0 Å². The van der Waals surface area contributed by atoms with Crippen LogP contribution in [0.5, 0.6) is 5.88 Å². The fraction of sp³-hybridized carbons (Fsp3) is 0.588. The van der Waals surface area contributed by atoms with Crippen molar-refractivity contribution in [3.63, 3.8) is 0 Å². The van der Waals surface area contributed by atoms with Crippen LogP contribution in [0, 0.1) is 5.92 Å². The van der Waals surface area contributed by atoms with Crippen molar-refractivity contribution in [2.45, 2.75) is 39.2 Å². The van der Waals surface area contributed by atoms with Crippen molar-refractivity contribution in [3.05, 3.63) is 23.9 Å². The Morgan fingerprint density at radius 3 is 2.35 bits per heavy atom. The molecule has 1 amide bonds. The summed E-state index contributed by atoms with van der Waals surface area (Å²) in [4.78, 5) is 30.3. The van der Waals surface area contributed by atoms with Gasteiger partial charge in [0.15, 0.2) is 5.78 Å². The van der Waals surface area contributed by atoms with Gasteiger partial charge < -0.3 is 14.4 Å². The molecule has 23 heavy (non-hydrogen) atoms. The number of ether oxygens (including phenoxy) is 2. The van der Waals surface area contributed by atoms with Crippen LogP contribution in [0.4, 0.5) is 4.79 Å². The number of ketones is 1. The first kappa shape index (κ1) is 17.2. The third kappa shape index (κ3) is 4.68. The highest BCUT2D eigenvalue weighted by Crippen LogP contribution is 2.23. The SMILES string of the molecule is COc1ccc(C(=O)C2CCN(C(=O)OC(C)(C)C)CC2)cn1. The predicted octanol–water partition coefficient (Wildman–Crippen LogP) is 2.92. The Hall–Kier alpha value is -2.11. The van der Waals surface area contributed by atoms with Gasteiger partial charge in [0, 0.05) is 36.8 Å². The van der Waals surface area contributed by atoms with Crippen LogP contribution in [0.2, 0.25) is 0 Å². The van der Waals surface area contributed by atoms with Gasteiger partial charge in [0.05, 0.1) is 7.11 Å². The first-order chi connectivity index (χ1) is 10.8. The average molecular weight is 320 g/mol. The molecule has 0 saturated carbocycles. The molecule has 0 atom stereocenters. The molecule has 0 bridgehead atoms. The molecule has 0 aromatic carbocycles. The van der Waals surface area contributed by atoms with E-state index < -0.39 is 5.60 Å². The Morgan fingerprint density at radius 1 is 1.22 bits per heavy atom. The van der Waals surface area contributed by atoms with Crippen molar-refractivity contribution in [2.24, 2.45) is 5.92 Å². The molecule has 1 fully saturated rings. The topological polar surface area (TPSA) is 68.7 Å². The summed E-state index contributed by atoms with van der Waals surface area (Å²) in [6, 6.07) is 3.41. The van der Waals surface area contributed by atoms with Crippen LogP contribution in [0.15, 0.2) is 18.3 Å². The molecule has 1 saturated heterocycles. The fourth-order valence-corrected chi connectivity index (χ4v) is 2.53. The molecule has 0 spiro atoms. The number of amides is 1. The minimum atomic E-state index is -0.501. The van der Waals surface area contributed by atoms with Gasteiger partial charge in [-0.3, -0.25) is 4.79 Å². The monoisotopic (exact) mass is 320 g/mol. The molecule has 1 aromatic rings. The normalized spacial score (nSPS) is 16.1. The number of hydrogen-bond acceptors (Lipinski definition) is 5. The highest BCUT2D eigenvalue weighted by molar-refractivity contribution is 5.97. The summed E-state index contributed by atoms with van der Waals surface area (Å²) in [6.45, 7) is 6.61. The van der Waals surface area contributed by atoms with Crippen LogP contribution in [-0.2, 0) is 4.74 Å². The summed E-state index contributed by atoms with van der Waals surface area (Å²) in [5.74, 6) is 0.481. The summed E-state index contributed by atoms with van der Waals surface area (Å²) < 4.78 is 10.4. The summed E-state index contributed by atoms with van der Waals surface area (Å²) in [5.41, 5.74) is 0.0833. The number of carbonyl (C=O) groups is 2. The largest absolute Gasteiger partial charge is 0.481 e. The second-order valence-electron chi connectivity index (χ2n) is 6.70. The van der Waals surface area contributed by atoms with Gasteiger partial charge in [0.25, 0.3) is 0 Å². The van der Waals surface area contributed by atoms with E-state index in [-0.39, 0.29) is 17.8 Å². The average Bonchev–Trinajstić information content (AvgIpc) is 2.53. The highest BCUT2D eigenvalue weighted by Gasteiger charge is 2.30. The molecule has 0 aliphatic carbocycles. The lowest BCUT2D eigenvalue weighted by molar-refractivity contribution is 0.0182. The minimum Gasteiger partial charge on any atom is -0.481 e. The molecule has 1 aliphatic heterocycles. The maximum absolute atomic E-state index is 12.5. The number of pyridine rings is 1. The molecule has 2 rings (SSSR count). The minimum absolute atomic E-state index is 0.0731. The van der Waals surface area contributed by atoms with Crippen molar-refractivity contribution in [1.82, 2.24) is 9.88 Å². The van der Waals surface area contributed by atoms with Gasteiger partial charge in [-0.05, 0) is 39.7 Å². The quantitative estimate of drug-likeness (QED) is 0.801. The second kappa shape index (κ2) is 6.98. The number of likely N-dealkylation sites (tertiary alicyclic amines) is 1. The molecule has 1 aliphatic rings. The maximum Gasteiger partial charge on any atom is 0.410 e. The Morgan fingerprint density at radius 2 is 1.87 bits per heavy atom. The van der Waals surface area contributed by atoms with E-state index in [1.165, 1.54) is 7.11 Å². The van der Waals surface area contributed by atoms with E-state index in [9.17, 15) is 9.59 Å². The Balaban J connectivity index is 1.90. The van der Waals surface area contributed by atoms with Crippen LogP contribution in [-0.4, -0.2) is 47.6 Å². The lowest BCUT2D eigenvalue weighted by Gasteiger charge is -2.32. The van der Waals surface area contributed by atoms with Crippen molar-refractivity contribution in [2.75, 3.05) is 20.2 Å². The number of hydrogen-bond donors (Lipinski definition) is 0. The number of piperidine rings is 1. The zero-order valence-electron chi connectivity index (χ0n) is 14.2. The first-order valence-electron chi connectivity index (χ1n) is 7.82. The van der Waals surface area contributed by atoms with E-state index in [4.69, 9.17) is 9.47 Å². The standard InChI is InChI=1S/C17H24N2O4/c1-17(2,3)23-16(21)19-9-7-12(8-10-19)15(20)13-5-6-14(22-4)18-11-13/h5-6,11-12H,7-10H2,1-4H3. The van der Waals surface area contributed by atoms with Crippen LogP contribution >= 0.6 is 0 Å². The number of Topliss-reactive ketones (excluding diaryl/α,β-unsaturated/α-hetero) is 1. The molecule has 126 valence electrons. The van der Waals surface area contributed by atoms with E-state index in [1.807, 2.05) is 20.8 Å².